The quantitative estimate of drug-likeness (QED) is 0.445. The summed E-state index contributed by atoms with van der Waals surface area (Å²) >= 11 is 0. The summed E-state index contributed by atoms with van der Waals surface area (Å²) in [7, 11) is 0. The van der Waals surface area contributed by atoms with E-state index in [9.17, 15) is 4.79 Å². The lowest BCUT2D eigenvalue weighted by molar-refractivity contribution is -0.118. The molecule has 0 amide bonds. The highest BCUT2D eigenvalue weighted by atomic mass is 16.1. The fourth-order valence-electron chi connectivity index (χ4n) is 9.03. The summed E-state index contributed by atoms with van der Waals surface area (Å²) in [6, 6.07) is 0. The van der Waals surface area contributed by atoms with Gasteiger partial charge in [0, 0.05) is 6.42 Å². The fraction of sp³-hybridized carbons (Fsp3) is 0.889. The van der Waals surface area contributed by atoms with Crippen molar-refractivity contribution >= 4 is 5.78 Å². The maximum absolute atomic E-state index is 12.2. The SMILES string of the molecule is [2H]C=C(C)C(=O)CC[C@@H](C)[C@H]1CC[C@H]2[C@@H]3CCC4CCCC[C@]4(C)[C@H]3CC[C@]12C. The number of Topliss-reactive ketones (excluding diaryl/α,β-unsaturated/α-hetero) is 1. The molecule has 4 rings (SSSR count). The smallest absolute Gasteiger partial charge is 0.157 e. The Balaban J connectivity index is 1.46. The summed E-state index contributed by atoms with van der Waals surface area (Å²) in [5, 5.41) is 0. The second-order valence-corrected chi connectivity index (χ2v) is 11.8. The van der Waals surface area contributed by atoms with Gasteiger partial charge < -0.3 is 0 Å². The number of fused-ring (bicyclic) bond motifs is 5. The average molecular weight is 386 g/mol. The summed E-state index contributed by atoms with van der Waals surface area (Å²) in [6.07, 6.45) is 16.3. The van der Waals surface area contributed by atoms with Crippen LogP contribution in [0.1, 0.15) is 106 Å². The minimum absolute atomic E-state index is 0.179. The van der Waals surface area contributed by atoms with Crippen molar-refractivity contribution in [2.75, 3.05) is 0 Å². The third-order valence-electron chi connectivity index (χ3n) is 10.6. The van der Waals surface area contributed by atoms with Crippen molar-refractivity contribution in [1.29, 1.82) is 0 Å². The lowest BCUT2D eigenvalue weighted by Crippen LogP contribution is -2.53. The minimum atomic E-state index is 0.179. The molecule has 0 radical (unpaired) electrons. The Kier molecular flexibility index (Phi) is 5.25. The van der Waals surface area contributed by atoms with Crippen LogP contribution < -0.4 is 0 Å². The molecule has 4 aliphatic carbocycles. The molecule has 0 aromatic carbocycles. The van der Waals surface area contributed by atoms with Crippen molar-refractivity contribution in [2.24, 2.45) is 46.3 Å². The first-order valence-corrected chi connectivity index (χ1v) is 12.4. The third-order valence-corrected chi connectivity index (χ3v) is 10.6. The van der Waals surface area contributed by atoms with E-state index in [4.69, 9.17) is 1.37 Å². The Labute approximate surface area is 175 Å². The van der Waals surface area contributed by atoms with Gasteiger partial charge in [-0.25, -0.2) is 0 Å². The molecule has 158 valence electrons. The van der Waals surface area contributed by atoms with Crippen LogP contribution in [0.4, 0.5) is 0 Å². The van der Waals surface area contributed by atoms with Gasteiger partial charge in [-0.3, -0.25) is 4.79 Å². The first kappa shape index (κ1) is 19.4. The van der Waals surface area contributed by atoms with Gasteiger partial charge in [0.15, 0.2) is 5.78 Å². The molecule has 4 fully saturated rings. The predicted octanol–water partition coefficient (Wildman–Crippen LogP) is 7.60. The van der Waals surface area contributed by atoms with Gasteiger partial charge >= 0.3 is 0 Å². The van der Waals surface area contributed by atoms with E-state index in [-0.39, 0.29) is 5.78 Å². The molecule has 0 spiro atoms. The molecule has 1 unspecified atom stereocenters. The van der Waals surface area contributed by atoms with Gasteiger partial charge in [0.1, 0.15) is 0 Å². The van der Waals surface area contributed by atoms with E-state index < -0.39 is 0 Å². The first-order valence-electron chi connectivity index (χ1n) is 13.0. The summed E-state index contributed by atoms with van der Waals surface area (Å²) in [4.78, 5) is 12.2. The van der Waals surface area contributed by atoms with Crippen LogP contribution in [0, 0.1) is 46.3 Å². The van der Waals surface area contributed by atoms with Gasteiger partial charge in [-0.15, -0.1) is 0 Å². The molecular formula is C27H44O. The molecule has 0 N–H and O–H groups in total. The predicted molar refractivity (Wildman–Crippen MR) is 118 cm³/mol. The normalized spacial score (nSPS) is 47.5. The van der Waals surface area contributed by atoms with Crippen LogP contribution in [0.15, 0.2) is 12.1 Å². The van der Waals surface area contributed by atoms with Crippen LogP contribution in [-0.2, 0) is 4.79 Å². The zero-order valence-electron chi connectivity index (χ0n) is 19.9. The van der Waals surface area contributed by atoms with Gasteiger partial charge in [0.05, 0.1) is 1.37 Å². The number of carbonyl (C=O) groups excluding carboxylic acids is 1. The van der Waals surface area contributed by atoms with Gasteiger partial charge in [-0.05, 0) is 117 Å². The van der Waals surface area contributed by atoms with Crippen LogP contribution in [0.3, 0.4) is 0 Å². The molecule has 0 aliphatic heterocycles. The van der Waals surface area contributed by atoms with Crippen molar-refractivity contribution in [3.8, 4) is 0 Å². The van der Waals surface area contributed by atoms with E-state index in [1.807, 2.05) is 0 Å². The third kappa shape index (κ3) is 3.24. The standard InChI is InChI=1S/C27H44O/c1-18(2)25(28)14-9-19(3)22-12-13-23-21-11-10-20-8-6-7-16-26(20,4)24(21)15-17-27(22,23)5/h19-24H,1,6-17H2,2-5H3/t19-,20?,21+,22-,23+,24+,26+,27-/m1/s1/i1D. The fourth-order valence-corrected chi connectivity index (χ4v) is 9.03. The second-order valence-electron chi connectivity index (χ2n) is 11.8. The van der Waals surface area contributed by atoms with Crippen molar-refractivity contribution in [2.45, 2.75) is 105 Å². The number of rotatable bonds is 5. The lowest BCUT2D eigenvalue weighted by atomic mass is 9.44. The molecule has 4 aliphatic rings. The Bertz CT molecular complexity index is 653. The van der Waals surface area contributed by atoms with Gasteiger partial charge in [-0.2, -0.15) is 0 Å². The average Bonchev–Trinajstić information content (AvgIpc) is 3.08. The Morgan fingerprint density at radius 1 is 1.04 bits per heavy atom. The molecule has 0 saturated heterocycles. The minimum Gasteiger partial charge on any atom is -0.295 e. The van der Waals surface area contributed by atoms with E-state index in [0.717, 1.165) is 36.0 Å². The topological polar surface area (TPSA) is 17.1 Å². The van der Waals surface area contributed by atoms with E-state index in [0.29, 0.717) is 28.7 Å². The van der Waals surface area contributed by atoms with Crippen molar-refractivity contribution in [3.63, 3.8) is 0 Å². The zero-order chi connectivity index (χ0) is 20.8. The Morgan fingerprint density at radius 2 is 1.82 bits per heavy atom. The van der Waals surface area contributed by atoms with Crippen molar-refractivity contribution in [1.82, 2.24) is 0 Å². The van der Waals surface area contributed by atoms with Crippen LogP contribution in [0.25, 0.3) is 0 Å². The van der Waals surface area contributed by atoms with Crippen molar-refractivity contribution in [3.05, 3.63) is 12.1 Å². The number of allylic oxidation sites excluding steroid dienone is 1. The van der Waals surface area contributed by atoms with E-state index >= 15 is 0 Å². The highest BCUT2D eigenvalue weighted by molar-refractivity contribution is 5.94. The summed E-state index contributed by atoms with van der Waals surface area (Å²) in [5.41, 5.74) is 1.76. The molecule has 8 atom stereocenters. The molecule has 0 heterocycles. The lowest BCUT2D eigenvalue weighted by Gasteiger charge is -2.61. The number of ketones is 1. The summed E-state index contributed by atoms with van der Waals surface area (Å²) in [6.45, 7) is 10.7. The number of carbonyl (C=O) groups is 1. The molecule has 0 aromatic heterocycles. The largest absolute Gasteiger partial charge is 0.295 e. The number of hydrogen-bond donors (Lipinski definition) is 0. The highest BCUT2D eigenvalue weighted by Gasteiger charge is 2.60. The van der Waals surface area contributed by atoms with E-state index in [2.05, 4.69) is 20.8 Å². The van der Waals surface area contributed by atoms with E-state index in [1.165, 1.54) is 70.8 Å². The highest BCUT2D eigenvalue weighted by Crippen LogP contribution is 2.68. The first-order chi connectivity index (χ1) is 13.8. The molecule has 0 bridgehead atoms. The van der Waals surface area contributed by atoms with Crippen LogP contribution in [-0.4, -0.2) is 5.78 Å². The summed E-state index contributed by atoms with van der Waals surface area (Å²) < 4.78 is 7.33. The second kappa shape index (κ2) is 7.59. The van der Waals surface area contributed by atoms with Gasteiger partial charge in [0.2, 0.25) is 0 Å². The van der Waals surface area contributed by atoms with Gasteiger partial charge in [-0.1, -0.05) is 40.2 Å². The van der Waals surface area contributed by atoms with Crippen LogP contribution in [0.5, 0.6) is 0 Å². The number of hydrogen-bond acceptors (Lipinski definition) is 1. The van der Waals surface area contributed by atoms with Crippen molar-refractivity contribution < 1.29 is 6.17 Å². The molecule has 1 heteroatoms. The molecule has 1 nitrogen and oxygen atoms in total. The Morgan fingerprint density at radius 3 is 2.61 bits per heavy atom. The maximum Gasteiger partial charge on any atom is 0.157 e. The zero-order valence-corrected chi connectivity index (χ0v) is 18.9. The molecular weight excluding hydrogens is 340 g/mol. The van der Waals surface area contributed by atoms with Crippen LogP contribution in [0.2, 0.25) is 0 Å². The maximum atomic E-state index is 12.2. The molecule has 28 heavy (non-hydrogen) atoms. The van der Waals surface area contributed by atoms with Crippen LogP contribution >= 0.6 is 0 Å². The van der Waals surface area contributed by atoms with Gasteiger partial charge in [0.25, 0.3) is 0 Å². The van der Waals surface area contributed by atoms with E-state index in [1.54, 1.807) is 6.92 Å². The summed E-state index contributed by atoms with van der Waals surface area (Å²) in [5.74, 6) is 5.50. The Hall–Kier alpha value is -0.590. The molecule has 4 saturated carbocycles. The monoisotopic (exact) mass is 385 g/mol. The molecule has 0 aromatic rings.